The first-order valence-electron chi connectivity index (χ1n) is 11.3. The zero-order valence-corrected chi connectivity index (χ0v) is 19.4. The summed E-state index contributed by atoms with van der Waals surface area (Å²) in [5, 5.41) is 11.3. The Morgan fingerprint density at radius 3 is 2.70 bits per heavy atom. The van der Waals surface area contributed by atoms with Crippen molar-refractivity contribution in [3.63, 3.8) is 0 Å². The normalized spacial score (nSPS) is 16.4. The molecule has 3 rings (SSSR count). The summed E-state index contributed by atoms with van der Waals surface area (Å²) in [6.07, 6.45) is 3.98. The van der Waals surface area contributed by atoms with E-state index < -0.39 is 10.8 Å². The lowest BCUT2D eigenvalue weighted by Gasteiger charge is -2.32. The molecule has 2 unspecified atom stereocenters. The Morgan fingerprint density at radius 2 is 2.09 bits per heavy atom. The molecule has 33 heavy (non-hydrogen) atoms. The van der Waals surface area contributed by atoms with E-state index >= 15 is 0 Å². The van der Waals surface area contributed by atoms with Gasteiger partial charge in [0.2, 0.25) is 5.91 Å². The Hall–Kier alpha value is -3.20. The van der Waals surface area contributed by atoms with Crippen LogP contribution in [0.4, 0.5) is 5.69 Å². The molecule has 1 saturated heterocycles. The number of ether oxygens (including phenoxy) is 1. The highest BCUT2D eigenvalue weighted by Gasteiger charge is 2.29. The fourth-order valence-corrected chi connectivity index (χ4v) is 3.88. The van der Waals surface area contributed by atoms with Crippen LogP contribution in [0.5, 0.6) is 0 Å². The van der Waals surface area contributed by atoms with Crippen LogP contribution in [0.25, 0.3) is 0 Å². The molecule has 9 heteroatoms. The maximum atomic E-state index is 13.4. The van der Waals surface area contributed by atoms with Gasteiger partial charge < -0.3 is 19.0 Å². The van der Waals surface area contributed by atoms with Crippen LogP contribution in [0, 0.1) is 17.0 Å². The second kappa shape index (κ2) is 11.1. The third kappa shape index (κ3) is 6.19. The molecule has 1 aromatic carbocycles. The topological polar surface area (TPSA) is 106 Å². The molecular weight excluding hydrogens is 426 g/mol. The molecular formula is C24H31N3O6. The SMILES string of the molecule is CCC(C)N(CC(=O)N(Cc1ccco1)CC1CCCO1)C(=O)c1ccc(C)c([N+](=O)[O-])c1. The summed E-state index contributed by atoms with van der Waals surface area (Å²) in [7, 11) is 0. The van der Waals surface area contributed by atoms with Crippen LogP contribution in [0.1, 0.15) is 54.8 Å². The number of hydrogen-bond donors (Lipinski definition) is 0. The number of nitro benzene ring substituents is 1. The molecule has 2 heterocycles. The van der Waals surface area contributed by atoms with Crippen molar-refractivity contribution in [3.8, 4) is 0 Å². The molecule has 2 aromatic rings. The van der Waals surface area contributed by atoms with Gasteiger partial charge >= 0.3 is 0 Å². The minimum Gasteiger partial charge on any atom is -0.467 e. The average Bonchev–Trinajstić information content (AvgIpc) is 3.50. The molecule has 1 aliphatic rings. The summed E-state index contributed by atoms with van der Waals surface area (Å²) < 4.78 is 11.2. The van der Waals surface area contributed by atoms with Crippen molar-refractivity contribution >= 4 is 17.5 Å². The lowest BCUT2D eigenvalue weighted by atomic mass is 10.1. The third-order valence-corrected chi connectivity index (χ3v) is 6.07. The predicted molar refractivity (Wildman–Crippen MR) is 122 cm³/mol. The zero-order chi connectivity index (χ0) is 24.0. The van der Waals surface area contributed by atoms with Gasteiger partial charge in [-0.3, -0.25) is 19.7 Å². The summed E-state index contributed by atoms with van der Waals surface area (Å²) >= 11 is 0. The summed E-state index contributed by atoms with van der Waals surface area (Å²) in [4.78, 5) is 40.7. The van der Waals surface area contributed by atoms with Crippen LogP contribution in [0.15, 0.2) is 41.0 Å². The number of rotatable bonds is 10. The fraction of sp³-hybridized carbons (Fsp3) is 0.500. The van der Waals surface area contributed by atoms with E-state index in [0.717, 1.165) is 12.8 Å². The van der Waals surface area contributed by atoms with Gasteiger partial charge in [-0.15, -0.1) is 0 Å². The Labute approximate surface area is 193 Å². The minimum absolute atomic E-state index is 0.0450. The van der Waals surface area contributed by atoms with E-state index in [-0.39, 0.29) is 42.4 Å². The first-order valence-corrected chi connectivity index (χ1v) is 11.3. The van der Waals surface area contributed by atoms with Gasteiger partial charge in [-0.25, -0.2) is 0 Å². The molecule has 2 amide bonds. The molecule has 0 radical (unpaired) electrons. The van der Waals surface area contributed by atoms with Crippen molar-refractivity contribution in [1.82, 2.24) is 9.80 Å². The van der Waals surface area contributed by atoms with Crippen molar-refractivity contribution in [2.24, 2.45) is 0 Å². The summed E-state index contributed by atoms with van der Waals surface area (Å²) in [6, 6.07) is 7.75. The number of carbonyl (C=O) groups is 2. The second-order valence-corrected chi connectivity index (χ2v) is 8.44. The molecule has 2 atom stereocenters. The second-order valence-electron chi connectivity index (χ2n) is 8.44. The molecule has 0 bridgehead atoms. The summed E-state index contributed by atoms with van der Waals surface area (Å²) in [6.45, 7) is 6.66. The number of carbonyl (C=O) groups excluding carboxylic acids is 2. The van der Waals surface area contributed by atoms with Crippen molar-refractivity contribution in [2.75, 3.05) is 19.7 Å². The highest BCUT2D eigenvalue weighted by Crippen LogP contribution is 2.22. The maximum Gasteiger partial charge on any atom is 0.273 e. The molecule has 178 valence electrons. The van der Waals surface area contributed by atoms with E-state index in [1.165, 1.54) is 11.0 Å². The van der Waals surface area contributed by atoms with Crippen LogP contribution in [0.3, 0.4) is 0 Å². The molecule has 0 N–H and O–H groups in total. The highest BCUT2D eigenvalue weighted by molar-refractivity contribution is 5.97. The molecule has 9 nitrogen and oxygen atoms in total. The molecule has 1 aliphatic heterocycles. The van der Waals surface area contributed by atoms with Crippen molar-refractivity contribution in [3.05, 3.63) is 63.6 Å². The quantitative estimate of drug-likeness (QED) is 0.395. The number of furan rings is 1. The lowest BCUT2D eigenvalue weighted by Crippen LogP contribution is -2.47. The van der Waals surface area contributed by atoms with E-state index in [0.29, 0.717) is 30.9 Å². The lowest BCUT2D eigenvalue weighted by molar-refractivity contribution is -0.385. The van der Waals surface area contributed by atoms with Gasteiger partial charge in [0, 0.05) is 36.4 Å². The van der Waals surface area contributed by atoms with E-state index in [9.17, 15) is 19.7 Å². The molecule has 1 aromatic heterocycles. The zero-order valence-electron chi connectivity index (χ0n) is 19.4. The van der Waals surface area contributed by atoms with Crippen molar-refractivity contribution in [2.45, 2.75) is 58.7 Å². The first kappa shape index (κ1) is 24.4. The van der Waals surface area contributed by atoms with E-state index in [4.69, 9.17) is 9.15 Å². The predicted octanol–water partition coefficient (Wildman–Crippen LogP) is 3.94. The fourth-order valence-electron chi connectivity index (χ4n) is 3.88. The van der Waals surface area contributed by atoms with Crippen molar-refractivity contribution in [1.29, 1.82) is 0 Å². The standard InChI is InChI=1S/C24H31N3O6/c1-4-18(3)26(24(29)19-10-9-17(2)22(13-19)27(30)31)16-23(28)25(14-20-7-5-11-32-20)15-21-8-6-12-33-21/h5,7,9-11,13,18,21H,4,6,8,12,14-16H2,1-3H3. The Balaban J connectivity index is 1.82. The summed E-state index contributed by atoms with van der Waals surface area (Å²) in [5.41, 5.74) is 0.551. The molecule has 0 aliphatic carbocycles. The van der Waals surface area contributed by atoms with Crippen LogP contribution in [-0.2, 0) is 16.1 Å². The molecule has 1 fully saturated rings. The maximum absolute atomic E-state index is 13.4. The molecule has 0 saturated carbocycles. The largest absolute Gasteiger partial charge is 0.467 e. The Morgan fingerprint density at radius 1 is 1.30 bits per heavy atom. The van der Waals surface area contributed by atoms with Crippen LogP contribution in [0.2, 0.25) is 0 Å². The average molecular weight is 458 g/mol. The van der Waals surface area contributed by atoms with E-state index in [1.54, 1.807) is 42.4 Å². The van der Waals surface area contributed by atoms with Gasteiger partial charge in [-0.1, -0.05) is 13.0 Å². The first-order chi connectivity index (χ1) is 15.8. The minimum atomic E-state index is -0.502. The van der Waals surface area contributed by atoms with Gasteiger partial charge in [-0.05, 0) is 51.3 Å². The van der Waals surface area contributed by atoms with E-state index in [1.807, 2.05) is 13.8 Å². The third-order valence-electron chi connectivity index (χ3n) is 6.07. The van der Waals surface area contributed by atoms with E-state index in [2.05, 4.69) is 0 Å². The Kier molecular flexibility index (Phi) is 8.21. The van der Waals surface area contributed by atoms with Crippen LogP contribution in [-0.4, -0.2) is 58.4 Å². The van der Waals surface area contributed by atoms with Gasteiger partial charge in [0.1, 0.15) is 12.3 Å². The van der Waals surface area contributed by atoms with Crippen molar-refractivity contribution < 1.29 is 23.7 Å². The monoisotopic (exact) mass is 457 g/mol. The smallest absolute Gasteiger partial charge is 0.273 e. The number of nitro groups is 1. The van der Waals surface area contributed by atoms with Gasteiger partial charge in [-0.2, -0.15) is 0 Å². The van der Waals surface area contributed by atoms with Crippen LogP contribution < -0.4 is 0 Å². The van der Waals surface area contributed by atoms with Crippen LogP contribution >= 0.6 is 0 Å². The van der Waals surface area contributed by atoms with Gasteiger partial charge in [0.15, 0.2) is 0 Å². The Bertz CT molecular complexity index is 969. The number of hydrogen-bond acceptors (Lipinski definition) is 6. The summed E-state index contributed by atoms with van der Waals surface area (Å²) in [5.74, 6) is 0.0185. The number of aryl methyl sites for hydroxylation is 1. The number of benzene rings is 1. The number of amides is 2. The molecule has 0 spiro atoms. The highest BCUT2D eigenvalue weighted by atomic mass is 16.6. The van der Waals surface area contributed by atoms with Gasteiger partial charge in [0.25, 0.3) is 11.6 Å². The van der Waals surface area contributed by atoms with Gasteiger partial charge in [0.05, 0.1) is 23.8 Å². The number of nitrogens with zero attached hydrogens (tertiary/aromatic N) is 3.